The van der Waals surface area contributed by atoms with Crippen LogP contribution in [0.1, 0.15) is 25.0 Å². The zero-order chi connectivity index (χ0) is 24.0. The summed E-state index contributed by atoms with van der Waals surface area (Å²) in [6.07, 6.45) is 2.73. The maximum Gasteiger partial charge on any atom is 0.347 e. The minimum atomic E-state index is -0.853. The highest BCUT2D eigenvalue weighted by Crippen LogP contribution is 2.35. The molecule has 8 nitrogen and oxygen atoms in total. The standard InChI is InChI=1S/C25H26N2O6/c1-5-10-18-13-17(15-21(31-4)22(18)33-16(3)25(30)32-6-2)14-20-23(28)26-27(24(20)29)19-11-8-7-9-12-19/h5,7-9,11-16H,1,6,10H2,2-4H3,(H,26,28)/b20-14-/t16-/m0/s1. The molecule has 2 amide bonds. The highest BCUT2D eigenvalue weighted by Gasteiger charge is 2.34. The third kappa shape index (κ3) is 5.23. The van der Waals surface area contributed by atoms with E-state index in [1.807, 2.05) is 6.07 Å². The monoisotopic (exact) mass is 450 g/mol. The second-order valence-corrected chi connectivity index (χ2v) is 7.19. The molecule has 0 aromatic heterocycles. The van der Waals surface area contributed by atoms with Gasteiger partial charge in [-0.15, -0.1) is 6.58 Å². The number of hydrazine groups is 1. The summed E-state index contributed by atoms with van der Waals surface area (Å²) < 4.78 is 16.4. The third-order valence-corrected chi connectivity index (χ3v) is 4.87. The molecule has 1 saturated heterocycles. The van der Waals surface area contributed by atoms with Gasteiger partial charge in [0.2, 0.25) is 0 Å². The van der Waals surface area contributed by atoms with E-state index in [0.717, 1.165) is 0 Å². The normalized spacial score (nSPS) is 15.2. The van der Waals surface area contributed by atoms with Crippen molar-refractivity contribution in [2.75, 3.05) is 18.7 Å². The van der Waals surface area contributed by atoms with Gasteiger partial charge in [-0.25, -0.2) is 9.80 Å². The van der Waals surface area contributed by atoms with E-state index in [1.54, 1.807) is 56.3 Å². The van der Waals surface area contributed by atoms with E-state index in [9.17, 15) is 14.4 Å². The number of benzene rings is 2. The van der Waals surface area contributed by atoms with E-state index in [-0.39, 0.29) is 12.2 Å². The highest BCUT2D eigenvalue weighted by atomic mass is 16.6. The Morgan fingerprint density at radius 3 is 2.58 bits per heavy atom. The fourth-order valence-corrected chi connectivity index (χ4v) is 3.33. The molecule has 0 spiro atoms. The van der Waals surface area contributed by atoms with Gasteiger partial charge in [-0.2, -0.15) is 0 Å². The van der Waals surface area contributed by atoms with Crippen LogP contribution >= 0.6 is 0 Å². The molecule has 1 fully saturated rings. The van der Waals surface area contributed by atoms with Crippen molar-refractivity contribution in [1.29, 1.82) is 0 Å². The summed E-state index contributed by atoms with van der Waals surface area (Å²) in [6.45, 7) is 7.32. The minimum Gasteiger partial charge on any atom is -0.493 e. The molecule has 0 bridgehead atoms. The van der Waals surface area contributed by atoms with Crippen molar-refractivity contribution in [3.8, 4) is 11.5 Å². The Hall–Kier alpha value is -4.07. The lowest BCUT2D eigenvalue weighted by Crippen LogP contribution is -2.35. The molecule has 33 heavy (non-hydrogen) atoms. The van der Waals surface area contributed by atoms with Gasteiger partial charge < -0.3 is 14.2 Å². The summed E-state index contributed by atoms with van der Waals surface area (Å²) in [5, 5.41) is 1.20. The molecule has 0 radical (unpaired) electrons. The van der Waals surface area contributed by atoms with Crippen LogP contribution in [0.5, 0.6) is 11.5 Å². The second kappa shape index (κ2) is 10.5. The number of esters is 1. The van der Waals surface area contributed by atoms with Crippen LogP contribution in [0.3, 0.4) is 0 Å². The number of carbonyl (C=O) groups is 3. The van der Waals surface area contributed by atoms with Crippen molar-refractivity contribution in [2.45, 2.75) is 26.4 Å². The number of nitrogens with zero attached hydrogens (tertiary/aromatic N) is 1. The highest BCUT2D eigenvalue weighted by molar-refractivity contribution is 6.31. The molecule has 2 aromatic rings. The lowest BCUT2D eigenvalue weighted by atomic mass is 10.0. The SMILES string of the molecule is C=CCc1cc(/C=C2/C(=O)NN(c3ccccc3)C2=O)cc(OC)c1O[C@@H](C)C(=O)OCC. The predicted octanol–water partition coefficient (Wildman–Crippen LogP) is 3.22. The Labute approximate surface area is 192 Å². The molecule has 3 rings (SSSR count). The van der Waals surface area contributed by atoms with Gasteiger partial charge in [0.15, 0.2) is 17.6 Å². The van der Waals surface area contributed by atoms with Gasteiger partial charge >= 0.3 is 5.97 Å². The van der Waals surface area contributed by atoms with E-state index in [0.29, 0.717) is 34.7 Å². The van der Waals surface area contributed by atoms with Crippen LogP contribution in [-0.4, -0.2) is 37.6 Å². The molecule has 2 aromatic carbocycles. The molecule has 0 unspecified atom stereocenters. The van der Waals surface area contributed by atoms with Crippen LogP contribution in [0.4, 0.5) is 5.69 Å². The summed E-state index contributed by atoms with van der Waals surface area (Å²) in [4.78, 5) is 37.4. The Bertz CT molecular complexity index is 1090. The van der Waals surface area contributed by atoms with Crippen molar-refractivity contribution in [2.24, 2.45) is 0 Å². The molecule has 1 heterocycles. The largest absolute Gasteiger partial charge is 0.493 e. The first kappa shape index (κ1) is 23.6. The molecular weight excluding hydrogens is 424 g/mol. The van der Waals surface area contributed by atoms with Crippen LogP contribution in [0.15, 0.2) is 60.7 Å². The zero-order valence-electron chi connectivity index (χ0n) is 18.8. The van der Waals surface area contributed by atoms with Crippen molar-refractivity contribution in [3.05, 3.63) is 71.8 Å². The number of nitrogens with one attached hydrogen (secondary N) is 1. The van der Waals surface area contributed by atoms with Crippen molar-refractivity contribution < 1.29 is 28.6 Å². The molecule has 0 aliphatic carbocycles. The summed E-state index contributed by atoms with van der Waals surface area (Å²) in [7, 11) is 1.47. The Morgan fingerprint density at radius 1 is 1.21 bits per heavy atom. The van der Waals surface area contributed by atoms with E-state index in [2.05, 4.69) is 12.0 Å². The maximum absolute atomic E-state index is 12.9. The second-order valence-electron chi connectivity index (χ2n) is 7.19. The third-order valence-electron chi connectivity index (χ3n) is 4.87. The Morgan fingerprint density at radius 2 is 1.94 bits per heavy atom. The van der Waals surface area contributed by atoms with E-state index in [1.165, 1.54) is 18.2 Å². The number of ether oxygens (including phenoxy) is 3. The van der Waals surface area contributed by atoms with Crippen LogP contribution in [0.2, 0.25) is 0 Å². The molecule has 1 aliphatic rings. The topological polar surface area (TPSA) is 94.2 Å². The molecule has 1 N–H and O–H groups in total. The lowest BCUT2D eigenvalue weighted by Gasteiger charge is -2.19. The maximum atomic E-state index is 12.9. The summed E-state index contributed by atoms with van der Waals surface area (Å²) in [5.74, 6) is -0.753. The van der Waals surface area contributed by atoms with Crippen LogP contribution in [0, 0.1) is 0 Å². The number of amides is 2. The van der Waals surface area contributed by atoms with E-state index in [4.69, 9.17) is 14.2 Å². The smallest absolute Gasteiger partial charge is 0.347 e. The number of anilines is 1. The van der Waals surface area contributed by atoms with Gasteiger partial charge in [-0.3, -0.25) is 15.0 Å². The number of para-hydroxylation sites is 1. The number of hydrogen-bond donors (Lipinski definition) is 1. The van der Waals surface area contributed by atoms with Gasteiger partial charge in [0.05, 0.1) is 19.4 Å². The van der Waals surface area contributed by atoms with E-state index < -0.39 is 23.9 Å². The summed E-state index contributed by atoms with van der Waals surface area (Å²) in [6, 6.07) is 12.2. The van der Waals surface area contributed by atoms with Gasteiger partial charge in [-0.05, 0) is 56.2 Å². The first-order valence-electron chi connectivity index (χ1n) is 10.5. The zero-order valence-corrected chi connectivity index (χ0v) is 18.8. The average molecular weight is 450 g/mol. The van der Waals surface area contributed by atoms with Crippen LogP contribution in [-0.2, 0) is 25.5 Å². The number of methoxy groups -OCH3 is 1. The first-order chi connectivity index (χ1) is 15.9. The number of allylic oxidation sites excluding steroid dienone is 1. The molecule has 1 aliphatic heterocycles. The lowest BCUT2D eigenvalue weighted by molar-refractivity contribution is -0.150. The predicted molar refractivity (Wildman–Crippen MR) is 124 cm³/mol. The quantitative estimate of drug-likeness (QED) is 0.273. The Balaban J connectivity index is 1.97. The minimum absolute atomic E-state index is 0.0148. The number of carbonyl (C=O) groups excluding carboxylic acids is 3. The van der Waals surface area contributed by atoms with Gasteiger partial charge in [-0.1, -0.05) is 24.3 Å². The summed E-state index contributed by atoms with van der Waals surface area (Å²) in [5.41, 5.74) is 4.36. The van der Waals surface area contributed by atoms with Crippen LogP contribution in [0.25, 0.3) is 6.08 Å². The van der Waals surface area contributed by atoms with Crippen molar-refractivity contribution in [3.63, 3.8) is 0 Å². The summed E-state index contributed by atoms with van der Waals surface area (Å²) >= 11 is 0. The molecule has 0 saturated carbocycles. The molecular formula is C25H26N2O6. The molecule has 8 heteroatoms. The van der Waals surface area contributed by atoms with Gasteiger partial charge in [0.1, 0.15) is 5.57 Å². The fraction of sp³-hybridized carbons (Fsp3) is 0.240. The number of rotatable bonds is 9. The Kier molecular flexibility index (Phi) is 7.50. The fourth-order valence-electron chi connectivity index (χ4n) is 3.33. The molecule has 172 valence electrons. The number of hydrogen-bond acceptors (Lipinski definition) is 6. The van der Waals surface area contributed by atoms with Crippen molar-refractivity contribution >= 4 is 29.5 Å². The van der Waals surface area contributed by atoms with Crippen molar-refractivity contribution in [1.82, 2.24) is 5.43 Å². The van der Waals surface area contributed by atoms with E-state index >= 15 is 0 Å². The molecule has 1 atom stereocenters. The van der Waals surface area contributed by atoms with Crippen LogP contribution < -0.4 is 19.9 Å². The first-order valence-corrected chi connectivity index (χ1v) is 10.5. The average Bonchev–Trinajstić information content (AvgIpc) is 3.09. The van der Waals surface area contributed by atoms with Gasteiger partial charge in [0, 0.05) is 5.56 Å². The van der Waals surface area contributed by atoms with Gasteiger partial charge in [0.25, 0.3) is 11.8 Å².